The average molecular weight is 409 g/mol. The number of thioether (sulfide) groups is 1. The van der Waals surface area contributed by atoms with Crippen molar-refractivity contribution >= 4 is 35.1 Å². The van der Waals surface area contributed by atoms with E-state index in [1.54, 1.807) is 20.8 Å². The summed E-state index contributed by atoms with van der Waals surface area (Å²) in [6.07, 6.45) is -0.692. The molecule has 9 heteroatoms. The van der Waals surface area contributed by atoms with Gasteiger partial charge in [-0.3, -0.25) is 10.1 Å². The van der Waals surface area contributed by atoms with Gasteiger partial charge in [-0.1, -0.05) is 5.16 Å². The van der Waals surface area contributed by atoms with Crippen LogP contribution >= 0.6 is 11.8 Å². The molecule has 0 radical (unpaired) electrons. The summed E-state index contributed by atoms with van der Waals surface area (Å²) in [7, 11) is 0. The summed E-state index contributed by atoms with van der Waals surface area (Å²) >= 11 is 1.38. The minimum Gasteiger partial charge on any atom is -0.444 e. The number of rotatable bonds is 6. The molecule has 0 saturated carbocycles. The number of hydrogen-bond donors (Lipinski definition) is 2. The van der Waals surface area contributed by atoms with Crippen LogP contribution in [0.4, 0.5) is 20.6 Å². The molecule has 0 saturated heterocycles. The van der Waals surface area contributed by atoms with Crippen LogP contribution < -0.4 is 10.6 Å². The zero-order chi connectivity index (χ0) is 20.9. The molecule has 0 fully saturated rings. The first kappa shape index (κ1) is 21.7. The van der Waals surface area contributed by atoms with E-state index in [2.05, 4.69) is 15.8 Å². The van der Waals surface area contributed by atoms with E-state index in [0.29, 0.717) is 5.75 Å². The molecule has 0 aliphatic rings. The number of hydrogen-bond acceptors (Lipinski definition) is 6. The molecule has 152 valence electrons. The molecule has 2 N–H and O–H groups in total. The van der Waals surface area contributed by atoms with Crippen LogP contribution in [0.25, 0.3) is 0 Å². The second-order valence-corrected chi connectivity index (χ2v) is 8.15. The van der Waals surface area contributed by atoms with Gasteiger partial charge in [0.25, 0.3) is 0 Å². The molecule has 1 aromatic heterocycles. The summed E-state index contributed by atoms with van der Waals surface area (Å²) in [6.45, 7) is 8.85. The Morgan fingerprint density at radius 1 is 1.21 bits per heavy atom. The normalized spacial score (nSPS) is 11.2. The van der Waals surface area contributed by atoms with Gasteiger partial charge in [-0.25, -0.2) is 9.18 Å². The summed E-state index contributed by atoms with van der Waals surface area (Å²) < 4.78 is 23.9. The van der Waals surface area contributed by atoms with Crippen molar-refractivity contribution in [2.24, 2.45) is 0 Å². The van der Waals surface area contributed by atoms with Gasteiger partial charge in [0.05, 0.1) is 22.8 Å². The van der Waals surface area contributed by atoms with Crippen molar-refractivity contribution in [3.63, 3.8) is 0 Å². The van der Waals surface area contributed by atoms with Crippen molar-refractivity contribution in [1.82, 2.24) is 5.16 Å². The molecule has 28 heavy (non-hydrogen) atoms. The predicted octanol–water partition coefficient (Wildman–Crippen LogP) is 4.65. The first-order valence-electron chi connectivity index (χ1n) is 8.64. The lowest BCUT2D eigenvalue weighted by atomic mass is 10.2. The number of carbonyl (C=O) groups is 2. The lowest BCUT2D eigenvalue weighted by Gasteiger charge is -2.20. The molecular weight excluding hydrogens is 385 g/mol. The van der Waals surface area contributed by atoms with Gasteiger partial charge in [-0.15, -0.1) is 11.8 Å². The number of aromatic nitrogens is 1. The number of nitrogens with one attached hydrogen (secondary N) is 2. The molecule has 0 bridgehead atoms. The summed E-state index contributed by atoms with van der Waals surface area (Å²) in [5, 5.41) is 9.02. The number of aryl methyl sites for hydroxylation is 2. The van der Waals surface area contributed by atoms with E-state index in [1.165, 1.54) is 23.9 Å². The third-order valence-electron chi connectivity index (χ3n) is 3.55. The topological polar surface area (TPSA) is 93.5 Å². The van der Waals surface area contributed by atoms with Crippen LogP contribution in [0.1, 0.15) is 37.8 Å². The van der Waals surface area contributed by atoms with Crippen molar-refractivity contribution in [3.05, 3.63) is 41.0 Å². The van der Waals surface area contributed by atoms with E-state index < -0.39 is 17.5 Å². The van der Waals surface area contributed by atoms with E-state index >= 15 is 0 Å². The maximum Gasteiger partial charge on any atom is 0.412 e. The van der Waals surface area contributed by atoms with Crippen molar-refractivity contribution in [2.75, 3.05) is 16.4 Å². The smallest absolute Gasteiger partial charge is 0.412 e. The second kappa shape index (κ2) is 9.09. The minimum absolute atomic E-state index is 0.145. The highest BCUT2D eigenvalue weighted by molar-refractivity contribution is 7.99. The second-order valence-electron chi connectivity index (χ2n) is 7.16. The Kier molecular flexibility index (Phi) is 7.06. The number of halogens is 1. The lowest BCUT2D eigenvalue weighted by Crippen LogP contribution is -2.27. The van der Waals surface area contributed by atoms with Crippen LogP contribution in [0, 0.1) is 19.7 Å². The van der Waals surface area contributed by atoms with E-state index in [-0.39, 0.29) is 23.0 Å². The highest BCUT2D eigenvalue weighted by atomic mass is 32.2. The van der Waals surface area contributed by atoms with Crippen molar-refractivity contribution in [3.8, 4) is 0 Å². The Hall–Kier alpha value is -2.55. The molecule has 0 aliphatic carbocycles. The molecule has 2 aromatic rings. The number of amides is 2. The van der Waals surface area contributed by atoms with Crippen LogP contribution in [0.3, 0.4) is 0 Å². The quantitative estimate of drug-likeness (QED) is 0.721. The Morgan fingerprint density at radius 3 is 2.54 bits per heavy atom. The van der Waals surface area contributed by atoms with Gasteiger partial charge in [0.2, 0.25) is 5.91 Å². The number of ether oxygens (including phenoxy) is 1. The van der Waals surface area contributed by atoms with E-state index in [0.717, 1.165) is 23.1 Å². The van der Waals surface area contributed by atoms with Gasteiger partial charge in [0, 0.05) is 11.3 Å². The Morgan fingerprint density at radius 2 is 1.93 bits per heavy atom. The van der Waals surface area contributed by atoms with E-state index in [1.807, 2.05) is 13.8 Å². The van der Waals surface area contributed by atoms with Crippen molar-refractivity contribution < 1.29 is 23.2 Å². The van der Waals surface area contributed by atoms with Crippen molar-refractivity contribution in [1.29, 1.82) is 0 Å². The Labute approximate surface area is 167 Å². The molecule has 1 aromatic carbocycles. The fourth-order valence-electron chi connectivity index (χ4n) is 2.28. The standard InChI is InChI=1S/C19H24FN3O4S/c1-11-14(12(2)27-23-11)9-28-10-17(24)21-16-8-13(20)6-7-15(16)22-18(25)26-19(3,4)5/h6-8H,9-10H2,1-5H3,(H,21,24)(H,22,25). The third kappa shape index (κ3) is 6.56. The van der Waals surface area contributed by atoms with Gasteiger partial charge in [0.15, 0.2) is 0 Å². The summed E-state index contributed by atoms with van der Waals surface area (Å²) in [5.74, 6) is 0.579. The molecule has 0 atom stereocenters. The average Bonchev–Trinajstić information content (AvgIpc) is 2.87. The number of anilines is 2. The van der Waals surface area contributed by atoms with Gasteiger partial charge in [0.1, 0.15) is 17.2 Å². The van der Waals surface area contributed by atoms with Crippen LogP contribution in [-0.4, -0.2) is 28.5 Å². The molecule has 0 spiro atoms. The van der Waals surface area contributed by atoms with Crippen LogP contribution in [0.5, 0.6) is 0 Å². The Bertz CT molecular complexity index is 842. The zero-order valence-corrected chi connectivity index (χ0v) is 17.3. The summed E-state index contributed by atoms with van der Waals surface area (Å²) in [5.41, 5.74) is 1.48. The van der Waals surface area contributed by atoms with Gasteiger partial charge < -0.3 is 14.6 Å². The SMILES string of the molecule is Cc1noc(C)c1CSCC(=O)Nc1cc(F)ccc1NC(=O)OC(C)(C)C. The first-order valence-corrected chi connectivity index (χ1v) is 9.79. The molecule has 0 aliphatic heterocycles. The van der Waals surface area contributed by atoms with Crippen LogP contribution in [0.15, 0.2) is 22.7 Å². The number of carbonyl (C=O) groups excluding carboxylic acids is 2. The number of benzene rings is 1. The first-order chi connectivity index (χ1) is 13.0. The molecular formula is C19H24FN3O4S. The molecule has 2 amide bonds. The maximum absolute atomic E-state index is 13.6. The Balaban J connectivity index is 1.97. The highest BCUT2D eigenvalue weighted by Crippen LogP contribution is 2.25. The van der Waals surface area contributed by atoms with Crippen LogP contribution in [-0.2, 0) is 15.3 Å². The van der Waals surface area contributed by atoms with Gasteiger partial charge in [-0.2, -0.15) is 0 Å². The fraction of sp³-hybridized carbons (Fsp3) is 0.421. The van der Waals surface area contributed by atoms with E-state index in [4.69, 9.17) is 9.26 Å². The monoisotopic (exact) mass is 409 g/mol. The lowest BCUT2D eigenvalue weighted by molar-refractivity contribution is -0.113. The zero-order valence-electron chi connectivity index (χ0n) is 16.5. The molecule has 2 rings (SSSR count). The van der Waals surface area contributed by atoms with E-state index in [9.17, 15) is 14.0 Å². The summed E-state index contributed by atoms with van der Waals surface area (Å²) in [4.78, 5) is 24.2. The molecule has 1 heterocycles. The predicted molar refractivity (Wildman–Crippen MR) is 107 cm³/mol. The third-order valence-corrected chi connectivity index (χ3v) is 4.51. The fourth-order valence-corrected chi connectivity index (χ4v) is 3.26. The van der Waals surface area contributed by atoms with Crippen molar-refractivity contribution in [2.45, 2.75) is 46.0 Å². The number of nitrogens with zero attached hydrogens (tertiary/aromatic N) is 1. The van der Waals surface area contributed by atoms with Crippen LogP contribution in [0.2, 0.25) is 0 Å². The highest BCUT2D eigenvalue weighted by Gasteiger charge is 2.18. The van der Waals surface area contributed by atoms with Gasteiger partial charge in [-0.05, 0) is 52.8 Å². The molecule has 7 nitrogen and oxygen atoms in total. The summed E-state index contributed by atoms with van der Waals surface area (Å²) in [6, 6.07) is 3.70. The largest absolute Gasteiger partial charge is 0.444 e. The minimum atomic E-state index is -0.692. The maximum atomic E-state index is 13.6. The van der Waals surface area contributed by atoms with Gasteiger partial charge >= 0.3 is 6.09 Å². The molecule has 0 unspecified atom stereocenters.